The second-order valence-electron chi connectivity index (χ2n) is 7.72. The van der Waals surface area contributed by atoms with Gasteiger partial charge in [-0.15, -0.1) is 0 Å². The molecule has 0 spiro atoms. The maximum absolute atomic E-state index is 12.5. The van der Waals surface area contributed by atoms with Crippen LogP contribution >= 0.6 is 11.8 Å². The Balaban J connectivity index is 1.58. The van der Waals surface area contributed by atoms with Crippen LogP contribution < -0.4 is 5.32 Å². The van der Waals surface area contributed by atoms with E-state index < -0.39 is 0 Å². The molecular formula is C25H30N4O2S. The van der Waals surface area contributed by atoms with Gasteiger partial charge >= 0.3 is 0 Å². The normalized spacial score (nSPS) is 10.9. The van der Waals surface area contributed by atoms with Crippen LogP contribution in [-0.2, 0) is 4.79 Å². The van der Waals surface area contributed by atoms with Crippen molar-refractivity contribution in [3.05, 3.63) is 72.1 Å². The van der Waals surface area contributed by atoms with Gasteiger partial charge in [0.25, 0.3) is 5.91 Å². The monoisotopic (exact) mass is 450 g/mol. The molecule has 3 rings (SSSR count). The van der Waals surface area contributed by atoms with Crippen LogP contribution in [0.3, 0.4) is 0 Å². The first-order valence-electron chi connectivity index (χ1n) is 10.9. The van der Waals surface area contributed by atoms with Crippen LogP contribution in [0.1, 0.15) is 49.5 Å². The van der Waals surface area contributed by atoms with E-state index in [4.69, 9.17) is 0 Å². The summed E-state index contributed by atoms with van der Waals surface area (Å²) in [6.45, 7) is 9.59. The van der Waals surface area contributed by atoms with Gasteiger partial charge in [-0.2, -0.15) is 0 Å². The second-order valence-corrected chi connectivity index (χ2v) is 8.66. The van der Waals surface area contributed by atoms with Crippen molar-refractivity contribution >= 4 is 29.3 Å². The fourth-order valence-electron chi connectivity index (χ4n) is 3.33. The summed E-state index contributed by atoms with van der Waals surface area (Å²) >= 11 is 1.38. The van der Waals surface area contributed by atoms with Gasteiger partial charge in [-0.25, -0.2) is 4.98 Å². The van der Waals surface area contributed by atoms with Gasteiger partial charge in [0.05, 0.1) is 5.75 Å². The lowest BCUT2D eigenvalue weighted by Crippen LogP contribution is -2.30. The molecule has 2 amide bonds. The molecule has 0 unspecified atom stereocenters. The summed E-state index contributed by atoms with van der Waals surface area (Å²) in [6, 6.07) is 15.4. The van der Waals surface area contributed by atoms with E-state index >= 15 is 0 Å². The number of carbonyl (C=O) groups is 2. The van der Waals surface area contributed by atoms with Crippen molar-refractivity contribution in [1.29, 1.82) is 0 Å². The molecule has 0 saturated carbocycles. The Morgan fingerprint density at radius 1 is 1.03 bits per heavy atom. The molecule has 0 atom stereocenters. The second kappa shape index (κ2) is 11.0. The highest BCUT2D eigenvalue weighted by molar-refractivity contribution is 7.99. The van der Waals surface area contributed by atoms with Crippen LogP contribution in [0.25, 0.3) is 5.69 Å². The van der Waals surface area contributed by atoms with Gasteiger partial charge in [0.15, 0.2) is 5.16 Å². The van der Waals surface area contributed by atoms with E-state index in [-0.39, 0.29) is 17.6 Å². The van der Waals surface area contributed by atoms with Gasteiger partial charge in [-0.05, 0) is 61.7 Å². The highest BCUT2D eigenvalue weighted by Crippen LogP contribution is 2.23. The van der Waals surface area contributed by atoms with Crippen molar-refractivity contribution < 1.29 is 9.59 Å². The molecule has 168 valence electrons. The minimum atomic E-state index is -0.123. The number of nitrogens with one attached hydrogen (secondary N) is 1. The maximum Gasteiger partial charge on any atom is 0.253 e. The molecule has 3 aromatic rings. The van der Waals surface area contributed by atoms with E-state index in [2.05, 4.69) is 48.4 Å². The van der Waals surface area contributed by atoms with Gasteiger partial charge < -0.3 is 10.2 Å². The molecule has 0 fully saturated rings. The number of benzene rings is 2. The maximum atomic E-state index is 12.5. The van der Waals surface area contributed by atoms with E-state index in [9.17, 15) is 9.59 Å². The fraction of sp³-hybridized carbons (Fsp3) is 0.320. The highest BCUT2D eigenvalue weighted by atomic mass is 32.2. The number of thioether (sulfide) groups is 1. The molecular weight excluding hydrogens is 420 g/mol. The Bertz CT molecular complexity index is 1040. The number of carbonyl (C=O) groups excluding carboxylic acids is 2. The molecule has 0 bridgehead atoms. The lowest BCUT2D eigenvalue weighted by atomic mass is 10.0. The Morgan fingerprint density at radius 3 is 2.28 bits per heavy atom. The van der Waals surface area contributed by atoms with E-state index in [1.165, 1.54) is 17.3 Å². The van der Waals surface area contributed by atoms with Crippen molar-refractivity contribution in [3.8, 4) is 5.69 Å². The first kappa shape index (κ1) is 23.6. The van der Waals surface area contributed by atoms with Gasteiger partial charge in [0, 0.05) is 42.4 Å². The minimum absolute atomic E-state index is 0.00306. The zero-order chi connectivity index (χ0) is 23.1. The molecule has 0 aliphatic carbocycles. The van der Waals surface area contributed by atoms with Gasteiger partial charge in [0.1, 0.15) is 0 Å². The van der Waals surface area contributed by atoms with Gasteiger partial charge in [0.2, 0.25) is 5.91 Å². The molecule has 0 saturated heterocycles. The third-order valence-corrected chi connectivity index (χ3v) is 6.21. The first-order valence-corrected chi connectivity index (χ1v) is 11.9. The molecule has 7 heteroatoms. The highest BCUT2D eigenvalue weighted by Gasteiger charge is 2.13. The number of nitrogens with zero attached hydrogens (tertiary/aromatic N) is 3. The van der Waals surface area contributed by atoms with E-state index in [1.54, 1.807) is 35.4 Å². The summed E-state index contributed by atoms with van der Waals surface area (Å²) in [4.78, 5) is 31.0. The zero-order valence-corrected chi connectivity index (χ0v) is 19.9. The molecule has 0 radical (unpaired) electrons. The van der Waals surface area contributed by atoms with Crippen LogP contribution in [0, 0.1) is 0 Å². The van der Waals surface area contributed by atoms with Crippen molar-refractivity contribution in [2.75, 3.05) is 24.2 Å². The number of amides is 2. The number of rotatable bonds is 9. The molecule has 32 heavy (non-hydrogen) atoms. The molecule has 1 aromatic heterocycles. The molecule has 0 aliphatic rings. The molecule has 0 aliphatic heterocycles. The smallest absolute Gasteiger partial charge is 0.253 e. The van der Waals surface area contributed by atoms with Crippen molar-refractivity contribution in [2.24, 2.45) is 0 Å². The van der Waals surface area contributed by atoms with Crippen LogP contribution in [0.4, 0.5) is 5.69 Å². The Kier molecular flexibility index (Phi) is 8.11. The summed E-state index contributed by atoms with van der Waals surface area (Å²) in [7, 11) is 0. The summed E-state index contributed by atoms with van der Waals surface area (Å²) in [5, 5.41) is 3.65. The predicted molar refractivity (Wildman–Crippen MR) is 131 cm³/mol. The van der Waals surface area contributed by atoms with Crippen LogP contribution in [0.5, 0.6) is 0 Å². The molecule has 1 N–H and O–H groups in total. The average molecular weight is 451 g/mol. The van der Waals surface area contributed by atoms with E-state index in [1.807, 2.05) is 24.6 Å². The lowest BCUT2D eigenvalue weighted by Gasteiger charge is -2.18. The number of hydrogen-bond donors (Lipinski definition) is 1. The third kappa shape index (κ3) is 5.79. The number of anilines is 1. The quantitative estimate of drug-likeness (QED) is 0.455. The summed E-state index contributed by atoms with van der Waals surface area (Å²) in [5.74, 6) is 0.592. The number of imidazole rings is 1. The van der Waals surface area contributed by atoms with Gasteiger partial charge in [-0.3, -0.25) is 14.2 Å². The zero-order valence-electron chi connectivity index (χ0n) is 19.0. The van der Waals surface area contributed by atoms with E-state index in [0.717, 1.165) is 10.8 Å². The van der Waals surface area contributed by atoms with Crippen molar-refractivity contribution in [2.45, 2.75) is 38.8 Å². The largest absolute Gasteiger partial charge is 0.339 e. The number of hydrogen-bond acceptors (Lipinski definition) is 4. The topological polar surface area (TPSA) is 67.2 Å². The Morgan fingerprint density at radius 2 is 1.69 bits per heavy atom. The molecule has 1 heterocycles. The van der Waals surface area contributed by atoms with Crippen LogP contribution in [0.2, 0.25) is 0 Å². The lowest BCUT2D eigenvalue weighted by molar-refractivity contribution is -0.113. The summed E-state index contributed by atoms with van der Waals surface area (Å²) in [5.41, 5.74) is 3.58. The van der Waals surface area contributed by atoms with Gasteiger partial charge in [-0.1, -0.05) is 37.7 Å². The van der Waals surface area contributed by atoms with Crippen molar-refractivity contribution in [3.63, 3.8) is 0 Å². The standard InChI is InChI=1S/C25H30N4O2S/c1-5-28(6-2)24(31)20-7-11-21(12-8-20)27-23(30)17-32-25-26-15-16-29(25)22-13-9-19(10-14-22)18(3)4/h7-16,18H,5-6,17H2,1-4H3,(H,27,30). The fourth-order valence-corrected chi connectivity index (χ4v) is 4.10. The number of aromatic nitrogens is 2. The third-order valence-electron chi connectivity index (χ3n) is 5.24. The minimum Gasteiger partial charge on any atom is -0.339 e. The van der Waals surface area contributed by atoms with Crippen LogP contribution in [-0.4, -0.2) is 45.1 Å². The van der Waals surface area contributed by atoms with E-state index in [0.29, 0.717) is 30.3 Å². The average Bonchev–Trinajstić information content (AvgIpc) is 3.27. The summed E-state index contributed by atoms with van der Waals surface area (Å²) in [6.07, 6.45) is 3.64. The Hall–Kier alpha value is -3.06. The van der Waals surface area contributed by atoms with Crippen LogP contribution in [0.15, 0.2) is 66.1 Å². The first-order chi connectivity index (χ1) is 15.4. The SMILES string of the molecule is CCN(CC)C(=O)c1ccc(NC(=O)CSc2nccn2-c2ccc(C(C)C)cc2)cc1. The Labute approximate surface area is 194 Å². The summed E-state index contributed by atoms with van der Waals surface area (Å²) < 4.78 is 1.98. The predicted octanol–water partition coefficient (Wildman–Crippen LogP) is 5.21. The molecule has 6 nitrogen and oxygen atoms in total. The van der Waals surface area contributed by atoms with Crippen molar-refractivity contribution in [1.82, 2.24) is 14.5 Å². The molecule has 2 aromatic carbocycles.